The van der Waals surface area contributed by atoms with Gasteiger partial charge >= 0.3 is 0 Å². The van der Waals surface area contributed by atoms with E-state index in [9.17, 15) is 8.42 Å². The van der Waals surface area contributed by atoms with Gasteiger partial charge < -0.3 is 9.47 Å². The molecule has 17 heavy (non-hydrogen) atoms. The first kappa shape index (κ1) is 14.6. The van der Waals surface area contributed by atoms with Crippen LogP contribution in [0.2, 0.25) is 5.02 Å². The van der Waals surface area contributed by atoms with Crippen LogP contribution in [0.3, 0.4) is 0 Å². The van der Waals surface area contributed by atoms with Crippen molar-refractivity contribution in [2.75, 3.05) is 19.8 Å². The SMILES string of the molecule is CCOCCOc1ccc(S(=O)(=O)Cl)cc1Cl. The lowest BCUT2D eigenvalue weighted by atomic mass is 10.3. The van der Waals surface area contributed by atoms with Gasteiger partial charge in [-0.3, -0.25) is 0 Å². The molecule has 0 atom stereocenters. The van der Waals surface area contributed by atoms with Crippen LogP contribution in [0.4, 0.5) is 0 Å². The second-order valence-corrected chi connectivity index (χ2v) is 6.05. The Balaban J connectivity index is 2.70. The van der Waals surface area contributed by atoms with Crippen molar-refractivity contribution < 1.29 is 17.9 Å². The van der Waals surface area contributed by atoms with Gasteiger partial charge in [0.1, 0.15) is 12.4 Å². The molecule has 0 heterocycles. The van der Waals surface area contributed by atoms with Gasteiger partial charge in [-0.15, -0.1) is 0 Å². The number of rotatable bonds is 6. The molecule has 0 spiro atoms. The van der Waals surface area contributed by atoms with Gasteiger partial charge in [0.2, 0.25) is 0 Å². The molecule has 7 heteroatoms. The molecule has 0 fully saturated rings. The fourth-order valence-electron chi connectivity index (χ4n) is 1.11. The Kier molecular flexibility index (Phi) is 5.52. The van der Waals surface area contributed by atoms with Crippen LogP contribution in [0, 0.1) is 0 Å². The van der Waals surface area contributed by atoms with Gasteiger partial charge in [-0.25, -0.2) is 8.42 Å². The number of benzene rings is 1. The summed E-state index contributed by atoms with van der Waals surface area (Å²) in [6.45, 7) is 3.29. The van der Waals surface area contributed by atoms with Crippen molar-refractivity contribution in [3.05, 3.63) is 23.2 Å². The molecule has 0 aliphatic heterocycles. The minimum atomic E-state index is -3.76. The number of hydrogen-bond donors (Lipinski definition) is 0. The first-order valence-corrected chi connectivity index (χ1v) is 7.58. The third-order valence-electron chi connectivity index (χ3n) is 1.87. The van der Waals surface area contributed by atoms with Crippen LogP contribution in [0.1, 0.15) is 6.92 Å². The zero-order valence-corrected chi connectivity index (χ0v) is 11.5. The van der Waals surface area contributed by atoms with E-state index < -0.39 is 9.05 Å². The Labute approximate surface area is 110 Å². The molecule has 0 aromatic heterocycles. The Hall–Kier alpha value is -0.490. The first-order chi connectivity index (χ1) is 7.95. The molecule has 1 rings (SSSR count). The fraction of sp³-hybridized carbons (Fsp3) is 0.400. The number of halogens is 2. The molecule has 0 aliphatic rings. The van der Waals surface area contributed by atoms with Gasteiger partial charge in [-0.05, 0) is 25.1 Å². The van der Waals surface area contributed by atoms with Gasteiger partial charge in [-0.2, -0.15) is 0 Å². The highest BCUT2D eigenvalue weighted by Gasteiger charge is 2.12. The molecule has 0 aliphatic carbocycles. The van der Waals surface area contributed by atoms with Crippen LogP contribution >= 0.6 is 22.3 Å². The van der Waals surface area contributed by atoms with E-state index in [0.29, 0.717) is 25.6 Å². The molecule has 0 bridgehead atoms. The number of ether oxygens (including phenoxy) is 2. The smallest absolute Gasteiger partial charge is 0.261 e. The molecule has 0 N–H and O–H groups in total. The van der Waals surface area contributed by atoms with Crippen molar-refractivity contribution in [2.45, 2.75) is 11.8 Å². The fourth-order valence-corrected chi connectivity index (χ4v) is 2.18. The molecule has 0 saturated carbocycles. The molecular formula is C10H12Cl2O4S. The van der Waals surface area contributed by atoms with E-state index in [2.05, 4.69) is 0 Å². The molecule has 0 saturated heterocycles. The van der Waals surface area contributed by atoms with E-state index in [0.717, 1.165) is 0 Å². The number of hydrogen-bond acceptors (Lipinski definition) is 4. The second kappa shape index (κ2) is 6.44. The average molecular weight is 299 g/mol. The van der Waals surface area contributed by atoms with Crippen LogP contribution < -0.4 is 4.74 Å². The maximum atomic E-state index is 11.0. The van der Waals surface area contributed by atoms with E-state index in [-0.39, 0.29) is 9.92 Å². The van der Waals surface area contributed by atoms with Crippen LogP contribution in [0.15, 0.2) is 23.1 Å². The van der Waals surface area contributed by atoms with Crippen LogP contribution in [0.5, 0.6) is 5.75 Å². The maximum absolute atomic E-state index is 11.0. The van der Waals surface area contributed by atoms with Gasteiger partial charge in [0.25, 0.3) is 9.05 Å². The highest BCUT2D eigenvalue weighted by atomic mass is 35.7. The summed E-state index contributed by atoms with van der Waals surface area (Å²) in [6, 6.07) is 4.05. The third-order valence-corrected chi connectivity index (χ3v) is 3.52. The van der Waals surface area contributed by atoms with Crippen molar-refractivity contribution in [1.82, 2.24) is 0 Å². The summed E-state index contributed by atoms with van der Waals surface area (Å²) in [5, 5.41) is 0.197. The Bertz CT molecular complexity index is 473. The van der Waals surface area contributed by atoms with Gasteiger partial charge in [0, 0.05) is 17.3 Å². The molecular weight excluding hydrogens is 287 g/mol. The lowest BCUT2D eigenvalue weighted by Crippen LogP contribution is -2.06. The van der Waals surface area contributed by atoms with E-state index in [1.54, 1.807) is 0 Å². The molecule has 0 amide bonds. The summed E-state index contributed by atoms with van der Waals surface area (Å²) < 4.78 is 32.5. The van der Waals surface area contributed by atoms with E-state index in [1.807, 2.05) is 6.92 Å². The summed E-state index contributed by atoms with van der Waals surface area (Å²) in [4.78, 5) is -0.0543. The second-order valence-electron chi connectivity index (χ2n) is 3.08. The topological polar surface area (TPSA) is 52.6 Å². The maximum Gasteiger partial charge on any atom is 0.261 e. The Morgan fingerprint density at radius 3 is 2.53 bits per heavy atom. The highest BCUT2D eigenvalue weighted by molar-refractivity contribution is 8.13. The Morgan fingerprint density at radius 1 is 1.29 bits per heavy atom. The summed E-state index contributed by atoms with van der Waals surface area (Å²) in [5.74, 6) is 0.399. The zero-order chi connectivity index (χ0) is 12.9. The van der Waals surface area contributed by atoms with Crippen molar-refractivity contribution in [3.8, 4) is 5.75 Å². The highest BCUT2D eigenvalue weighted by Crippen LogP contribution is 2.28. The molecule has 96 valence electrons. The van der Waals surface area contributed by atoms with Crippen LogP contribution in [0.25, 0.3) is 0 Å². The summed E-state index contributed by atoms with van der Waals surface area (Å²) in [7, 11) is 1.42. The van der Waals surface area contributed by atoms with Gasteiger partial charge in [-0.1, -0.05) is 11.6 Å². The largest absolute Gasteiger partial charge is 0.490 e. The molecule has 0 radical (unpaired) electrons. The molecule has 1 aromatic carbocycles. The summed E-state index contributed by atoms with van der Waals surface area (Å²) in [6.07, 6.45) is 0. The average Bonchev–Trinajstić information content (AvgIpc) is 2.24. The van der Waals surface area contributed by atoms with Crippen molar-refractivity contribution in [3.63, 3.8) is 0 Å². The predicted octanol–water partition coefficient (Wildman–Crippen LogP) is 2.68. The lowest BCUT2D eigenvalue weighted by molar-refractivity contribution is 0.110. The molecule has 4 nitrogen and oxygen atoms in total. The van der Waals surface area contributed by atoms with Crippen molar-refractivity contribution in [2.24, 2.45) is 0 Å². The summed E-state index contributed by atoms with van der Waals surface area (Å²) in [5.41, 5.74) is 0. The molecule has 1 aromatic rings. The van der Waals surface area contributed by atoms with Gasteiger partial charge in [0.05, 0.1) is 16.5 Å². The third kappa shape index (κ3) is 4.71. The minimum Gasteiger partial charge on any atom is -0.490 e. The van der Waals surface area contributed by atoms with E-state index >= 15 is 0 Å². The monoisotopic (exact) mass is 298 g/mol. The van der Waals surface area contributed by atoms with Crippen molar-refractivity contribution >= 4 is 31.3 Å². The molecule has 0 unspecified atom stereocenters. The van der Waals surface area contributed by atoms with Crippen molar-refractivity contribution in [1.29, 1.82) is 0 Å². The van der Waals surface area contributed by atoms with Crippen LogP contribution in [-0.4, -0.2) is 28.2 Å². The lowest BCUT2D eigenvalue weighted by Gasteiger charge is -2.08. The van der Waals surface area contributed by atoms with Gasteiger partial charge in [0.15, 0.2) is 0 Å². The Morgan fingerprint density at radius 2 is 2.00 bits per heavy atom. The quantitative estimate of drug-likeness (QED) is 0.598. The van der Waals surface area contributed by atoms with Crippen LogP contribution in [-0.2, 0) is 13.8 Å². The summed E-state index contributed by atoms with van der Waals surface area (Å²) >= 11 is 5.86. The normalized spacial score (nSPS) is 11.5. The minimum absolute atomic E-state index is 0.0543. The predicted molar refractivity (Wildman–Crippen MR) is 66.5 cm³/mol. The standard InChI is InChI=1S/C10H12Cl2O4S/c1-2-15-5-6-16-10-4-3-8(7-9(10)11)17(12,13)14/h3-4,7H,2,5-6H2,1H3. The van der Waals surface area contributed by atoms with E-state index in [1.165, 1.54) is 18.2 Å². The van der Waals surface area contributed by atoms with E-state index in [4.69, 9.17) is 31.8 Å². The zero-order valence-electron chi connectivity index (χ0n) is 9.15. The first-order valence-electron chi connectivity index (χ1n) is 4.90.